The molecule has 2 bridgehead atoms. The minimum atomic E-state index is -0.156. The third kappa shape index (κ3) is 7.95. The molecular weight excluding hydrogens is 676 g/mol. The predicted molar refractivity (Wildman–Crippen MR) is 192 cm³/mol. The van der Waals surface area contributed by atoms with Gasteiger partial charge in [-0.25, -0.2) is 0 Å². The smallest absolute Gasteiger partial charge is 0.253 e. The molecule has 3 aromatic carbocycles. The molecular formula is C37H39Cl4N3O3. The van der Waals surface area contributed by atoms with Gasteiger partial charge < -0.3 is 14.6 Å². The van der Waals surface area contributed by atoms with E-state index in [0.717, 1.165) is 54.6 Å². The highest BCUT2D eigenvalue weighted by atomic mass is 35.5. The van der Waals surface area contributed by atoms with Crippen LogP contribution in [-0.2, 0) is 13.1 Å². The van der Waals surface area contributed by atoms with Crippen LogP contribution in [0.1, 0.15) is 78.7 Å². The Bertz CT molecular complexity index is 1750. The molecule has 0 radical (unpaired) electrons. The molecule has 3 atom stereocenters. The molecule has 6 rings (SSSR count). The molecule has 0 aliphatic carbocycles. The van der Waals surface area contributed by atoms with Gasteiger partial charge in [0.1, 0.15) is 5.75 Å². The molecule has 10 heteroatoms. The fourth-order valence-corrected chi connectivity index (χ4v) is 8.24. The van der Waals surface area contributed by atoms with Gasteiger partial charge in [-0.2, -0.15) is 0 Å². The Labute approximate surface area is 296 Å². The second-order valence-electron chi connectivity index (χ2n) is 13.1. The zero-order valence-corrected chi connectivity index (χ0v) is 29.6. The van der Waals surface area contributed by atoms with Gasteiger partial charge in [0.05, 0.1) is 27.2 Å². The highest BCUT2D eigenvalue weighted by Gasteiger charge is 2.40. The monoisotopic (exact) mass is 713 g/mol. The van der Waals surface area contributed by atoms with Crippen LogP contribution in [-0.4, -0.2) is 45.9 Å². The fraction of sp³-hybridized carbons (Fsp3) is 0.405. The first kappa shape index (κ1) is 34.1. The molecule has 2 aliphatic rings. The first-order valence-corrected chi connectivity index (χ1v) is 17.8. The lowest BCUT2D eigenvalue weighted by Gasteiger charge is -2.39. The average Bonchev–Trinajstić information content (AvgIpc) is 3.50. The maximum absolute atomic E-state index is 13.5. The van der Waals surface area contributed by atoms with Crippen LogP contribution < -0.4 is 10.1 Å². The Kier molecular flexibility index (Phi) is 10.7. The van der Waals surface area contributed by atoms with E-state index in [1.807, 2.05) is 44.3 Å². The molecule has 1 N–H and O–H groups in total. The topological polar surface area (TPSA) is 63.6 Å². The third-order valence-corrected chi connectivity index (χ3v) is 10.5. The Morgan fingerprint density at radius 3 is 2.32 bits per heavy atom. The lowest BCUT2D eigenvalue weighted by Crippen LogP contribution is -2.43. The van der Waals surface area contributed by atoms with Gasteiger partial charge in [0.15, 0.2) is 5.78 Å². The second-order valence-corrected chi connectivity index (χ2v) is 14.8. The summed E-state index contributed by atoms with van der Waals surface area (Å²) in [5.41, 5.74) is 3.01. The Morgan fingerprint density at radius 1 is 0.915 bits per heavy atom. The molecule has 4 aromatic rings. The number of para-hydroxylation sites is 1. The Balaban J connectivity index is 1.12. The molecule has 0 spiro atoms. The Hall–Kier alpha value is -2.74. The standard InChI is InChI=1S/C37H39Cl4N3O3/c1-22(2)47-35-6-3-5-30-31(37(46)42-20-23-7-10-32(40)33(41)15-23)21-43(36(30)35)11-4-12-44-28-8-9-29(44)14-24(13-28)16-34(45)25-17-26(38)19-27(39)18-25/h3,5-7,10,15,17-19,21-22,24,28-29H,4,8-9,11-14,16,20H2,1-2H3,(H,42,46)/t24-,28+,29-. The number of nitrogens with zero attached hydrogens (tertiary/aromatic N) is 2. The van der Waals surface area contributed by atoms with Gasteiger partial charge in [0, 0.05) is 65.3 Å². The van der Waals surface area contributed by atoms with Gasteiger partial charge in [-0.05, 0) is 93.8 Å². The molecule has 1 aromatic heterocycles. The van der Waals surface area contributed by atoms with Crippen molar-refractivity contribution in [2.24, 2.45) is 5.92 Å². The summed E-state index contributed by atoms with van der Waals surface area (Å²) in [4.78, 5) is 29.2. The number of Topliss-reactive ketones (excluding diaryl/α,β-unsaturated/α-hetero) is 1. The van der Waals surface area contributed by atoms with E-state index in [1.54, 1.807) is 30.3 Å². The highest BCUT2D eigenvalue weighted by Crippen LogP contribution is 2.41. The van der Waals surface area contributed by atoms with Crippen molar-refractivity contribution < 1.29 is 14.3 Å². The number of hydrogen-bond donors (Lipinski definition) is 1. The number of carbonyl (C=O) groups excluding carboxylic acids is 2. The number of aromatic nitrogens is 1. The van der Waals surface area contributed by atoms with Crippen molar-refractivity contribution in [2.75, 3.05) is 6.54 Å². The number of nitrogens with one attached hydrogen (secondary N) is 1. The van der Waals surface area contributed by atoms with Crippen molar-refractivity contribution in [2.45, 2.75) is 83.6 Å². The van der Waals surface area contributed by atoms with E-state index in [4.69, 9.17) is 51.1 Å². The SMILES string of the molecule is CC(C)Oc1cccc2c(C(=O)NCc3ccc(Cl)c(Cl)c3)cn(CCCN3[C@@H]4CC[C@H]3C[C@@H](CC(=O)c3cc(Cl)cc(Cl)c3)C4)c12. The first-order chi connectivity index (χ1) is 22.5. The summed E-state index contributed by atoms with van der Waals surface area (Å²) in [6.07, 6.45) is 7.80. The summed E-state index contributed by atoms with van der Waals surface area (Å²) in [6, 6.07) is 17.3. The molecule has 6 nitrogen and oxygen atoms in total. The van der Waals surface area contributed by atoms with Crippen molar-refractivity contribution in [3.8, 4) is 5.75 Å². The van der Waals surface area contributed by atoms with Gasteiger partial charge >= 0.3 is 0 Å². The molecule has 47 heavy (non-hydrogen) atoms. The van der Waals surface area contributed by atoms with E-state index in [1.165, 1.54) is 12.8 Å². The summed E-state index contributed by atoms with van der Waals surface area (Å²) in [7, 11) is 0. The van der Waals surface area contributed by atoms with Crippen molar-refractivity contribution in [3.63, 3.8) is 0 Å². The summed E-state index contributed by atoms with van der Waals surface area (Å²) < 4.78 is 8.38. The van der Waals surface area contributed by atoms with E-state index in [-0.39, 0.29) is 17.8 Å². The van der Waals surface area contributed by atoms with Gasteiger partial charge in [-0.3, -0.25) is 14.5 Å². The quantitative estimate of drug-likeness (QED) is 0.148. The van der Waals surface area contributed by atoms with Crippen molar-refractivity contribution >= 4 is 69.0 Å². The van der Waals surface area contributed by atoms with Crippen LogP contribution in [0.25, 0.3) is 10.9 Å². The molecule has 2 aliphatic heterocycles. The molecule has 248 valence electrons. The number of rotatable bonds is 12. The van der Waals surface area contributed by atoms with Crippen LogP contribution in [0.4, 0.5) is 0 Å². The highest BCUT2D eigenvalue weighted by molar-refractivity contribution is 6.42. The number of aryl methyl sites for hydroxylation is 1. The maximum atomic E-state index is 13.5. The van der Waals surface area contributed by atoms with E-state index >= 15 is 0 Å². The third-order valence-electron chi connectivity index (χ3n) is 9.36. The first-order valence-electron chi connectivity index (χ1n) is 16.3. The fourth-order valence-electron chi connectivity index (χ4n) is 7.40. The van der Waals surface area contributed by atoms with E-state index in [2.05, 4.69) is 14.8 Å². The Morgan fingerprint density at radius 2 is 1.64 bits per heavy atom. The van der Waals surface area contributed by atoms with E-state index in [9.17, 15) is 9.59 Å². The minimum absolute atomic E-state index is 0.00412. The normalized spacial score (nSPS) is 19.4. The van der Waals surface area contributed by atoms with Crippen LogP contribution in [0.2, 0.25) is 20.1 Å². The summed E-state index contributed by atoms with van der Waals surface area (Å²) >= 11 is 24.6. The predicted octanol–water partition coefficient (Wildman–Crippen LogP) is 9.88. The number of amides is 1. The number of fused-ring (bicyclic) bond motifs is 3. The summed E-state index contributed by atoms with van der Waals surface area (Å²) in [6.45, 7) is 6.07. The molecule has 3 heterocycles. The molecule has 0 unspecified atom stereocenters. The molecule has 0 saturated carbocycles. The molecule has 1 amide bonds. The summed E-state index contributed by atoms with van der Waals surface area (Å²) in [5, 5.41) is 5.83. The lowest BCUT2D eigenvalue weighted by atomic mass is 9.85. The van der Waals surface area contributed by atoms with Gasteiger partial charge in [-0.15, -0.1) is 0 Å². The van der Waals surface area contributed by atoms with E-state index < -0.39 is 0 Å². The van der Waals surface area contributed by atoms with Crippen LogP contribution in [0.3, 0.4) is 0 Å². The van der Waals surface area contributed by atoms with Gasteiger partial charge in [-0.1, -0.05) is 64.6 Å². The second kappa shape index (κ2) is 14.8. The number of carbonyl (C=O) groups is 2. The lowest BCUT2D eigenvalue weighted by molar-refractivity contribution is 0.0807. The van der Waals surface area contributed by atoms with Crippen LogP contribution >= 0.6 is 46.4 Å². The van der Waals surface area contributed by atoms with Crippen LogP contribution in [0, 0.1) is 5.92 Å². The van der Waals surface area contributed by atoms with Crippen molar-refractivity contribution in [1.29, 1.82) is 0 Å². The summed E-state index contributed by atoms with van der Waals surface area (Å²) in [5.74, 6) is 1.09. The van der Waals surface area contributed by atoms with Crippen LogP contribution in [0.15, 0.2) is 60.8 Å². The number of benzene rings is 3. The van der Waals surface area contributed by atoms with Crippen LogP contribution in [0.5, 0.6) is 5.75 Å². The zero-order valence-electron chi connectivity index (χ0n) is 26.6. The zero-order chi connectivity index (χ0) is 33.2. The number of ketones is 1. The largest absolute Gasteiger partial charge is 0.489 e. The minimum Gasteiger partial charge on any atom is -0.489 e. The van der Waals surface area contributed by atoms with E-state index in [0.29, 0.717) is 62.2 Å². The maximum Gasteiger partial charge on any atom is 0.253 e. The number of halogens is 4. The average molecular weight is 716 g/mol. The van der Waals surface area contributed by atoms with Gasteiger partial charge in [0.25, 0.3) is 5.91 Å². The van der Waals surface area contributed by atoms with Gasteiger partial charge in [0.2, 0.25) is 0 Å². The molecule has 2 fully saturated rings. The number of ether oxygens (including phenoxy) is 1. The van der Waals surface area contributed by atoms with Crippen molar-refractivity contribution in [3.05, 3.63) is 97.6 Å². The number of piperidine rings is 1. The number of hydrogen-bond acceptors (Lipinski definition) is 4. The van der Waals surface area contributed by atoms with Crippen molar-refractivity contribution in [1.82, 2.24) is 14.8 Å². The molecule has 2 saturated heterocycles.